The van der Waals surface area contributed by atoms with Crippen LogP contribution in [-0.4, -0.2) is 55.7 Å². The number of methoxy groups -OCH3 is 1. The maximum atomic E-state index is 12.2. The number of rotatable bonds is 10. The van der Waals surface area contributed by atoms with Crippen LogP contribution in [0, 0.1) is 5.92 Å². The first-order chi connectivity index (χ1) is 17.4. The smallest absolute Gasteiger partial charge is 0.287 e. The van der Waals surface area contributed by atoms with Crippen molar-refractivity contribution in [2.75, 3.05) is 49.6 Å². The van der Waals surface area contributed by atoms with Crippen molar-refractivity contribution in [3.05, 3.63) is 64.7 Å². The highest BCUT2D eigenvalue weighted by Crippen LogP contribution is 2.28. The number of amides is 1. The number of nitrogens with one attached hydrogen (secondary N) is 1. The molecule has 0 unspecified atom stereocenters. The fourth-order valence-corrected chi connectivity index (χ4v) is 4.91. The van der Waals surface area contributed by atoms with Crippen LogP contribution in [-0.2, 0) is 17.1 Å². The quantitative estimate of drug-likeness (QED) is 0.294. The van der Waals surface area contributed by atoms with Crippen molar-refractivity contribution >= 4 is 40.8 Å². The van der Waals surface area contributed by atoms with Gasteiger partial charge in [0.05, 0.1) is 28.8 Å². The molecule has 0 saturated carbocycles. The second kappa shape index (κ2) is 12.5. The molecule has 1 aromatic carbocycles. The minimum Gasteiger partial charge on any atom is -0.455 e. The van der Waals surface area contributed by atoms with Gasteiger partial charge in [-0.2, -0.15) is 0 Å². The number of furan rings is 1. The van der Waals surface area contributed by atoms with Gasteiger partial charge >= 0.3 is 0 Å². The number of ether oxygens (including phenoxy) is 1. The van der Waals surface area contributed by atoms with E-state index in [0.717, 1.165) is 48.4 Å². The summed E-state index contributed by atoms with van der Waals surface area (Å²) >= 11 is 7.87. The van der Waals surface area contributed by atoms with Crippen LogP contribution in [0.1, 0.15) is 35.9 Å². The molecule has 0 aliphatic carbocycles. The minimum atomic E-state index is -0.198. The van der Waals surface area contributed by atoms with Gasteiger partial charge in [0, 0.05) is 45.9 Å². The predicted octanol–water partition coefficient (Wildman–Crippen LogP) is 4.87. The lowest BCUT2D eigenvalue weighted by Crippen LogP contribution is -2.47. The van der Waals surface area contributed by atoms with E-state index >= 15 is 0 Å². The summed E-state index contributed by atoms with van der Waals surface area (Å²) in [5, 5.41) is 4.29. The maximum absolute atomic E-state index is 12.2. The molecular weight excluding hydrogens is 498 g/mol. The third-order valence-electron chi connectivity index (χ3n) is 5.73. The molecule has 1 saturated heterocycles. The number of carbonyl (C=O) groups is 1. The molecule has 0 atom stereocenters. The SMILES string of the molecule is COCc1cc(N2CCN(c3ccccc3Cl)CC2)nc(SCc2ccc(C(=O)NCC(C)C)o2)n1. The Kier molecular flexibility index (Phi) is 9.12. The number of carbonyl (C=O) groups excluding carboxylic acids is 1. The Morgan fingerprint density at radius 3 is 2.61 bits per heavy atom. The highest BCUT2D eigenvalue weighted by atomic mass is 35.5. The van der Waals surface area contributed by atoms with Gasteiger partial charge in [0.1, 0.15) is 11.6 Å². The van der Waals surface area contributed by atoms with Crippen LogP contribution in [0.25, 0.3) is 0 Å². The Balaban J connectivity index is 1.40. The molecule has 0 bridgehead atoms. The Morgan fingerprint density at radius 1 is 1.14 bits per heavy atom. The Hall–Kier alpha value is -2.75. The summed E-state index contributed by atoms with van der Waals surface area (Å²) in [6, 6.07) is 13.5. The van der Waals surface area contributed by atoms with E-state index in [1.54, 1.807) is 13.2 Å². The van der Waals surface area contributed by atoms with Gasteiger partial charge in [-0.3, -0.25) is 4.79 Å². The topological polar surface area (TPSA) is 83.7 Å². The Morgan fingerprint density at radius 2 is 1.89 bits per heavy atom. The summed E-state index contributed by atoms with van der Waals surface area (Å²) in [5.41, 5.74) is 1.89. The largest absolute Gasteiger partial charge is 0.455 e. The van der Waals surface area contributed by atoms with Crippen LogP contribution < -0.4 is 15.1 Å². The number of para-hydroxylation sites is 1. The van der Waals surface area contributed by atoms with Crippen LogP contribution in [0.15, 0.2) is 52.0 Å². The normalized spacial score (nSPS) is 13.9. The molecule has 36 heavy (non-hydrogen) atoms. The van der Waals surface area contributed by atoms with E-state index in [-0.39, 0.29) is 5.91 Å². The molecular formula is C26H32ClN5O3S. The maximum Gasteiger partial charge on any atom is 0.287 e. The van der Waals surface area contributed by atoms with E-state index in [4.69, 9.17) is 25.7 Å². The van der Waals surface area contributed by atoms with Gasteiger partial charge in [0.2, 0.25) is 0 Å². The number of hydrogen-bond donors (Lipinski definition) is 1. The van der Waals surface area contributed by atoms with Gasteiger partial charge in [-0.05, 0) is 30.2 Å². The van der Waals surface area contributed by atoms with Gasteiger partial charge in [-0.1, -0.05) is 49.3 Å². The van der Waals surface area contributed by atoms with Crippen LogP contribution in [0.5, 0.6) is 0 Å². The highest BCUT2D eigenvalue weighted by Gasteiger charge is 2.21. The number of piperazine rings is 1. The number of nitrogens with zero attached hydrogens (tertiary/aromatic N) is 4. The Labute approximate surface area is 221 Å². The van der Waals surface area contributed by atoms with E-state index in [1.807, 2.05) is 30.3 Å². The molecule has 0 radical (unpaired) electrons. The molecule has 1 fully saturated rings. The van der Waals surface area contributed by atoms with Crippen LogP contribution in [0.2, 0.25) is 5.02 Å². The molecule has 1 N–H and O–H groups in total. The third kappa shape index (κ3) is 6.93. The molecule has 0 spiro atoms. The molecule has 2 aromatic heterocycles. The molecule has 3 heterocycles. The lowest BCUT2D eigenvalue weighted by Gasteiger charge is -2.37. The van der Waals surface area contributed by atoms with E-state index in [0.29, 0.717) is 41.5 Å². The fraction of sp³-hybridized carbons (Fsp3) is 0.423. The van der Waals surface area contributed by atoms with Crippen molar-refractivity contribution in [3.63, 3.8) is 0 Å². The first-order valence-electron chi connectivity index (χ1n) is 12.0. The monoisotopic (exact) mass is 529 g/mol. The summed E-state index contributed by atoms with van der Waals surface area (Å²) in [7, 11) is 1.66. The molecule has 1 aliphatic rings. The van der Waals surface area contributed by atoms with E-state index < -0.39 is 0 Å². The van der Waals surface area contributed by atoms with Crippen molar-refractivity contribution in [1.29, 1.82) is 0 Å². The first-order valence-corrected chi connectivity index (χ1v) is 13.4. The number of halogens is 1. The lowest BCUT2D eigenvalue weighted by atomic mass is 10.2. The molecule has 3 aromatic rings. The number of anilines is 2. The van der Waals surface area contributed by atoms with E-state index in [2.05, 4.69) is 40.0 Å². The summed E-state index contributed by atoms with van der Waals surface area (Å²) in [6.45, 7) is 8.47. The van der Waals surface area contributed by atoms with Crippen molar-refractivity contribution in [2.24, 2.45) is 5.92 Å². The number of benzene rings is 1. The zero-order chi connectivity index (χ0) is 25.5. The minimum absolute atomic E-state index is 0.198. The molecule has 1 amide bonds. The Bertz CT molecular complexity index is 1160. The van der Waals surface area contributed by atoms with Gasteiger partial charge < -0.3 is 24.3 Å². The average molecular weight is 530 g/mol. The molecule has 10 heteroatoms. The number of hydrogen-bond acceptors (Lipinski definition) is 8. The summed E-state index contributed by atoms with van der Waals surface area (Å²) in [5.74, 6) is 2.60. The second-order valence-corrected chi connectivity index (χ2v) is 10.4. The third-order valence-corrected chi connectivity index (χ3v) is 6.92. The zero-order valence-electron chi connectivity index (χ0n) is 20.9. The van der Waals surface area contributed by atoms with E-state index in [9.17, 15) is 4.79 Å². The van der Waals surface area contributed by atoms with Crippen LogP contribution in [0.4, 0.5) is 11.5 Å². The van der Waals surface area contributed by atoms with Crippen molar-refractivity contribution in [1.82, 2.24) is 15.3 Å². The number of thioether (sulfide) groups is 1. The average Bonchev–Trinajstić information content (AvgIpc) is 3.36. The van der Waals surface area contributed by atoms with Crippen LogP contribution in [0.3, 0.4) is 0 Å². The van der Waals surface area contributed by atoms with Crippen LogP contribution >= 0.6 is 23.4 Å². The standard InChI is InChI=1S/C26H32ClN5O3S/c1-18(2)15-28-25(33)23-9-8-20(35-23)17-36-26-29-19(16-34-3)14-24(30-26)32-12-10-31(11-13-32)22-7-5-4-6-21(22)27/h4-9,14,18H,10-13,15-17H2,1-3H3,(H,28,33). The van der Waals surface area contributed by atoms with E-state index in [1.165, 1.54) is 11.8 Å². The first kappa shape index (κ1) is 26.3. The highest BCUT2D eigenvalue weighted by molar-refractivity contribution is 7.98. The van der Waals surface area contributed by atoms with Gasteiger partial charge in [-0.25, -0.2) is 9.97 Å². The molecule has 192 valence electrons. The van der Waals surface area contributed by atoms with Crippen molar-refractivity contribution in [2.45, 2.75) is 31.4 Å². The van der Waals surface area contributed by atoms with Crippen molar-refractivity contribution in [3.8, 4) is 0 Å². The predicted molar refractivity (Wildman–Crippen MR) is 144 cm³/mol. The van der Waals surface area contributed by atoms with Crippen molar-refractivity contribution < 1.29 is 13.9 Å². The number of aromatic nitrogens is 2. The molecule has 8 nitrogen and oxygen atoms in total. The molecule has 1 aliphatic heterocycles. The lowest BCUT2D eigenvalue weighted by molar-refractivity contribution is 0.0920. The summed E-state index contributed by atoms with van der Waals surface area (Å²) in [4.78, 5) is 26.3. The zero-order valence-corrected chi connectivity index (χ0v) is 22.4. The molecule has 4 rings (SSSR count). The summed E-state index contributed by atoms with van der Waals surface area (Å²) < 4.78 is 11.1. The second-order valence-electron chi connectivity index (χ2n) is 9.02. The van der Waals surface area contributed by atoms with Gasteiger partial charge in [-0.15, -0.1) is 0 Å². The van der Waals surface area contributed by atoms with Gasteiger partial charge in [0.15, 0.2) is 10.9 Å². The fourth-order valence-electron chi connectivity index (χ4n) is 3.89. The van der Waals surface area contributed by atoms with Gasteiger partial charge in [0.25, 0.3) is 5.91 Å². The summed E-state index contributed by atoms with van der Waals surface area (Å²) in [6.07, 6.45) is 0.